The molecule has 1 rings (SSSR count). The summed E-state index contributed by atoms with van der Waals surface area (Å²) >= 11 is 0. The first-order chi connectivity index (χ1) is 9.24. The number of piperidine rings is 1. The van der Waals surface area contributed by atoms with Crippen molar-refractivity contribution < 1.29 is 13.2 Å². The van der Waals surface area contributed by atoms with Gasteiger partial charge in [0.2, 0.25) is 5.91 Å². The Morgan fingerprint density at radius 3 is 2.20 bits per heavy atom. The first-order valence-corrected chi connectivity index (χ1v) is 8.66. The SMILES string of the molecule is CC(C)C[C@H](NS(=O)(=O)N(C)C)C(=O)N1CCCCC1. The number of nitrogens with zero attached hydrogens (tertiary/aromatic N) is 2. The molecule has 6 nitrogen and oxygen atoms in total. The van der Waals surface area contributed by atoms with Crippen LogP contribution in [0.2, 0.25) is 0 Å². The van der Waals surface area contributed by atoms with Crippen LogP contribution in [0, 0.1) is 5.92 Å². The molecule has 1 heterocycles. The highest BCUT2D eigenvalue weighted by molar-refractivity contribution is 7.87. The molecule has 0 aliphatic carbocycles. The van der Waals surface area contributed by atoms with Crippen LogP contribution in [0.4, 0.5) is 0 Å². The third kappa shape index (κ3) is 5.03. The monoisotopic (exact) mass is 305 g/mol. The summed E-state index contributed by atoms with van der Waals surface area (Å²) in [4.78, 5) is 14.3. The van der Waals surface area contributed by atoms with Crippen LogP contribution in [0.3, 0.4) is 0 Å². The van der Waals surface area contributed by atoms with E-state index >= 15 is 0 Å². The smallest absolute Gasteiger partial charge is 0.279 e. The van der Waals surface area contributed by atoms with Gasteiger partial charge in [-0.3, -0.25) is 4.79 Å². The summed E-state index contributed by atoms with van der Waals surface area (Å²) in [7, 11) is -0.674. The fraction of sp³-hybridized carbons (Fsp3) is 0.923. The fourth-order valence-electron chi connectivity index (χ4n) is 2.29. The molecule has 1 saturated heterocycles. The van der Waals surface area contributed by atoms with Gasteiger partial charge in [-0.05, 0) is 31.6 Å². The minimum absolute atomic E-state index is 0.0937. The van der Waals surface area contributed by atoms with Crippen LogP contribution in [0.1, 0.15) is 39.5 Å². The van der Waals surface area contributed by atoms with E-state index in [9.17, 15) is 13.2 Å². The maximum atomic E-state index is 12.5. The molecule has 0 bridgehead atoms. The highest BCUT2D eigenvalue weighted by Crippen LogP contribution is 2.14. The molecule has 0 radical (unpaired) electrons. The lowest BCUT2D eigenvalue weighted by molar-refractivity contribution is -0.134. The van der Waals surface area contributed by atoms with Gasteiger partial charge in [0.05, 0.1) is 0 Å². The molecule has 118 valence electrons. The number of likely N-dealkylation sites (tertiary alicyclic amines) is 1. The van der Waals surface area contributed by atoms with Gasteiger partial charge in [0, 0.05) is 27.2 Å². The predicted octanol–water partition coefficient (Wildman–Crippen LogP) is 0.810. The first-order valence-electron chi connectivity index (χ1n) is 7.22. The molecule has 1 N–H and O–H groups in total. The molecule has 0 aromatic rings. The quantitative estimate of drug-likeness (QED) is 0.789. The molecule has 0 spiro atoms. The van der Waals surface area contributed by atoms with Crippen molar-refractivity contribution in [3.8, 4) is 0 Å². The normalized spacial score (nSPS) is 18.6. The van der Waals surface area contributed by atoms with Crippen LogP contribution in [-0.2, 0) is 15.0 Å². The van der Waals surface area contributed by atoms with Gasteiger partial charge in [-0.15, -0.1) is 0 Å². The van der Waals surface area contributed by atoms with Crippen LogP contribution >= 0.6 is 0 Å². The maximum Gasteiger partial charge on any atom is 0.279 e. The van der Waals surface area contributed by atoms with Crippen LogP contribution in [-0.4, -0.2) is 56.8 Å². The summed E-state index contributed by atoms with van der Waals surface area (Å²) < 4.78 is 27.5. The molecular weight excluding hydrogens is 278 g/mol. The van der Waals surface area contributed by atoms with E-state index in [4.69, 9.17) is 0 Å². The van der Waals surface area contributed by atoms with E-state index in [0.29, 0.717) is 6.42 Å². The van der Waals surface area contributed by atoms with E-state index < -0.39 is 16.3 Å². The van der Waals surface area contributed by atoms with E-state index in [-0.39, 0.29) is 11.8 Å². The molecule has 1 aliphatic rings. The zero-order valence-electron chi connectivity index (χ0n) is 12.9. The summed E-state index contributed by atoms with van der Waals surface area (Å²) in [6.45, 7) is 5.44. The number of rotatable bonds is 6. The number of hydrogen-bond donors (Lipinski definition) is 1. The van der Waals surface area contributed by atoms with Gasteiger partial charge in [-0.25, -0.2) is 0 Å². The lowest BCUT2D eigenvalue weighted by Crippen LogP contribution is -2.52. The number of hydrogen-bond acceptors (Lipinski definition) is 3. The van der Waals surface area contributed by atoms with Gasteiger partial charge in [-0.2, -0.15) is 17.4 Å². The highest BCUT2D eigenvalue weighted by atomic mass is 32.2. The van der Waals surface area contributed by atoms with E-state index in [1.807, 2.05) is 13.8 Å². The molecule has 1 amide bonds. The second-order valence-electron chi connectivity index (χ2n) is 5.97. The van der Waals surface area contributed by atoms with Crippen molar-refractivity contribution in [2.24, 2.45) is 5.92 Å². The third-order valence-corrected chi connectivity index (χ3v) is 4.99. The number of nitrogens with one attached hydrogen (secondary N) is 1. The minimum Gasteiger partial charge on any atom is -0.341 e. The topological polar surface area (TPSA) is 69.7 Å². The van der Waals surface area contributed by atoms with Gasteiger partial charge < -0.3 is 4.90 Å². The van der Waals surface area contributed by atoms with Crippen LogP contribution in [0.5, 0.6) is 0 Å². The van der Waals surface area contributed by atoms with E-state index in [1.165, 1.54) is 14.1 Å². The number of carbonyl (C=O) groups excluding carboxylic acids is 1. The molecule has 0 unspecified atom stereocenters. The summed E-state index contributed by atoms with van der Waals surface area (Å²) in [6, 6.07) is -0.666. The predicted molar refractivity (Wildman–Crippen MR) is 79.4 cm³/mol. The summed E-state index contributed by atoms with van der Waals surface area (Å²) in [5, 5.41) is 0. The molecule has 1 aliphatic heterocycles. The summed E-state index contributed by atoms with van der Waals surface area (Å²) in [5.41, 5.74) is 0. The molecule has 20 heavy (non-hydrogen) atoms. The Balaban J connectivity index is 2.80. The Kier molecular flexibility index (Phi) is 6.42. The van der Waals surface area contributed by atoms with Crippen LogP contribution in [0.25, 0.3) is 0 Å². The Morgan fingerprint density at radius 1 is 1.20 bits per heavy atom. The van der Waals surface area contributed by atoms with Crippen LogP contribution in [0.15, 0.2) is 0 Å². The fourth-order valence-corrected chi connectivity index (χ4v) is 3.06. The Hall–Kier alpha value is -0.660. The van der Waals surface area contributed by atoms with Crippen molar-refractivity contribution >= 4 is 16.1 Å². The van der Waals surface area contributed by atoms with E-state index in [2.05, 4.69) is 4.72 Å². The second kappa shape index (κ2) is 7.38. The van der Waals surface area contributed by atoms with Crippen molar-refractivity contribution in [2.45, 2.75) is 45.6 Å². The van der Waals surface area contributed by atoms with Crippen molar-refractivity contribution in [2.75, 3.05) is 27.2 Å². The van der Waals surface area contributed by atoms with Gasteiger partial charge in [0.1, 0.15) is 6.04 Å². The van der Waals surface area contributed by atoms with Gasteiger partial charge in [-0.1, -0.05) is 13.8 Å². The van der Waals surface area contributed by atoms with Crippen molar-refractivity contribution in [3.05, 3.63) is 0 Å². The molecule has 1 atom stereocenters. The Morgan fingerprint density at radius 2 is 1.75 bits per heavy atom. The molecule has 0 aromatic carbocycles. The van der Waals surface area contributed by atoms with E-state index in [1.54, 1.807) is 4.90 Å². The number of carbonyl (C=O) groups is 1. The van der Waals surface area contributed by atoms with Crippen LogP contribution < -0.4 is 4.72 Å². The minimum atomic E-state index is -3.59. The summed E-state index contributed by atoms with van der Waals surface area (Å²) in [5.74, 6) is 0.155. The third-order valence-electron chi connectivity index (χ3n) is 3.44. The lowest BCUT2D eigenvalue weighted by Gasteiger charge is -2.31. The standard InChI is InChI=1S/C13H27N3O3S/c1-11(2)10-12(14-20(18,19)15(3)4)13(17)16-8-6-5-7-9-16/h11-12,14H,5-10H2,1-4H3/t12-/m0/s1. The van der Waals surface area contributed by atoms with Crippen molar-refractivity contribution in [3.63, 3.8) is 0 Å². The molecule has 7 heteroatoms. The molecule has 1 fully saturated rings. The Labute approximate surface area is 122 Å². The maximum absolute atomic E-state index is 12.5. The average molecular weight is 305 g/mol. The average Bonchev–Trinajstić information content (AvgIpc) is 2.37. The second-order valence-corrected chi connectivity index (χ2v) is 7.89. The van der Waals surface area contributed by atoms with Gasteiger partial charge in [0.25, 0.3) is 10.2 Å². The van der Waals surface area contributed by atoms with Crippen molar-refractivity contribution in [1.82, 2.24) is 13.9 Å². The highest BCUT2D eigenvalue weighted by Gasteiger charge is 2.30. The zero-order valence-corrected chi connectivity index (χ0v) is 13.7. The van der Waals surface area contributed by atoms with Gasteiger partial charge in [0.15, 0.2) is 0 Å². The largest absolute Gasteiger partial charge is 0.341 e. The Bertz CT molecular complexity index is 415. The lowest BCUT2D eigenvalue weighted by atomic mass is 10.0. The number of amides is 1. The zero-order chi connectivity index (χ0) is 15.3. The molecular formula is C13H27N3O3S. The van der Waals surface area contributed by atoms with Crippen molar-refractivity contribution in [1.29, 1.82) is 0 Å². The molecule has 0 saturated carbocycles. The summed E-state index contributed by atoms with van der Waals surface area (Å²) in [6.07, 6.45) is 3.66. The molecule has 0 aromatic heterocycles. The van der Waals surface area contributed by atoms with E-state index in [0.717, 1.165) is 36.7 Å². The van der Waals surface area contributed by atoms with Gasteiger partial charge >= 0.3 is 0 Å². The first kappa shape index (κ1) is 17.4.